The van der Waals surface area contributed by atoms with Gasteiger partial charge in [0.1, 0.15) is 17.3 Å². The Balaban J connectivity index is 2.21. The van der Waals surface area contributed by atoms with Crippen LogP contribution < -0.4 is 9.47 Å². The van der Waals surface area contributed by atoms with Gasteiger partial charge in [-0.25, -0.2) is 0 Å². The van der Waals surface area contributed by atoms with Gasteiger partial charge in [-0.15, -0.1) is 0 Å². The van der Waals surface area contributed by atoms with Crippen LogP contribution in [0, 0.1) is 0 Å². The zero-order valence-corrected chi connectivity index (χ0v) is 10.9. The standard InChI is InChI=1S/C12H16O5S/c1-16-10-3-5-11(6-4-10)17-7-2-8-18(15)9-12(13)14/h3-6H,2,7-9H2,1H3,(H,13,14). The van der Waals surface area contributed by atoms with Crippen LogP contribution in [-0.4, -0.2) is 40.5 Å². The van der Waals surface area contributed by atoms with Gasteiger partial charge in [-0.1, -0.05) is 0 Å². The summed E-state index contributed by atoms with van der Waals surface area (Å²) in [4.78, 5) is 10.3. The van der Waals surface area contributed by atoms with Crippen molar-refractivity contribution in [2.75, 3.05) is 25.2 Å². The van der Waals surface area contributed by atoms with Gasteiger partial charge in [-0.3, -0.25) is 9.00 Å². The van der Waals surface area contributed by atoms with Gasteiger partial charge in [0.2, 0.25) is 0 Å². The van der Waals surface area contributed by atoms with Gasteiger partial charge in [0.15, 0.2) is 0 Å². The summed E-state index contributed by atoms with van der Waals surface area (Å²) in [6, 6.07) is 7.15. The maximum Gasteiger partial charge on any atom is 0.316 e. The zero-order valence-electron chi connectivity index (χ0n) is 10.1. The van der Waals surface area contributed by atoms with Crippen molar-refractivity contribution in [3.05, 3.63) is 24.3 Å². The van der Waals surface area contributed by atoms with E-state index in [0.29, 0.717) is 24.5 Å². The van der Waals surface area contributed by atoms with E-state index >= 15 is 0 Å². The molecule has 0 heterocycles. The summed E-state index contributed by atoms with van der Waals surface area (Å²) >= 11 is 0. The minimum atomic E-state index is -1.31. The Morgan fingerprint density at radius 3 is 2.44 bits per heavy atom. The largest absolute Gasteiger partial charge is 0.497 e. The van der Waals surface area contributed by atoms with Crippen molar-refractivity contribution in [3.8, 4) is 11.5 Å². The van der Waals surface area contributed by atoms with E-state index in [1.54, 1.807) is 31.4 Å². The zero-order chi connectivity index (χ0) is 13.4. The van der Waals surface area contributed by atoms with Gasteiger partial charge in [-0.05, 0) is 30.7 Å². The van der Waals surface area contributed by atoms with Crippen molar-refractivity contribution in [2.24, 2.45) is 0 Å². The second kappa shape index (κ2) is 7.71. The summed E-state index contributed by atoms with van der Waals surface area (Å²) in [6.07, 6.45) is 0.561. The van der Waals surface area contributed by atoms with Crippen LogP contribution in [0.15, 0.2) is 24.3 Å². The first-order chi connectivity index (χ1) is 8.61. The molecule has 0 aliphatic rings. The first-order valence-electron chi connectivity index (χ1n) is 5.45. The van der Waals surface area contributed by atoms with Gasteiger partial charge >= 0.3 is 5.97 Å². The molecule has 0 amide bonds. The molecule has 18 heavy (non-hydrogen) atoms. The second-order valence-corrected chi connectivity index (χ2v) is 5.14. The summed E-state index contributed by atoms with van der Waals surface area (Å²) in [5, 5.41) is 8.43. The average Bonchev–Trinajstić information content (AvgIpc) is 2.34. The SMILES string of the molecule is COc1ccc(OCCCS(=O)CC(=O)O)cc1. The fraction of sp³-hybridized carbons (Fsp3) is 0.417. The van der Waals surface area contributed by atoms with Crippen LogP contribution in [0.25, 0.3) is 0 Å². The number of aliphatic carboxylic acids is 1. The fourth-order valence-electron chi connectivity index (χ4n) is 1.29. The van der Waals surface area contributed by atoms with Crippen molar-refractivity contribution in [3.63, 3.8) is 0 Å². The van der Waals surface area contributed by atoms with Crippen LogP contribution in [-0.2, 0) is 15.6 Å². The van der Waals surface area contributed by atoms with Gasteiger partial charge in [0.05, 0.1) is 13.7 Å². The number of carboxylic acids is 1. The Hall–Kier alpha value is -1.56. The molecule has 0 bridgehead atoms. The lowest BCUT2D eigenvalue weighted by molar-refractivity contribution is -0.133. The number of rotatable bonds is 8. The number of methoxy groups -OCH3 is 1. The molecule has 0 aliphatic carbocycles. The van der Waals surface area contributed by atoms with Crippen molar-refractivity contribution in [1.82, 2.24) is 0 Å². The number of hydrogen-bond donors (Lipinski definition) is 1. The summed E-state index contributed by atoms with van der Waals surface area (Å²) < 4.78 is 21.6. The van der Waals surface area contributed by atoms with E-state index in [1.807, 2.05) is 0 Å². The van der Waals surface area contributed by atoms with E-state index in [1.165, 1.54) is 0 Å². The van der Waals surface area contributed by atoms with Crippen LogP contribution in [0.4, 0.5) is 0 Å². The quantitative estimate of drug-likeness (QED) is 0.722. The van der Waals surface area contributed by atoms with Crippen LogP contribution >= 0.6 is 0 Å². The van der Waals surface area contributed by atoms with E-state index in [2.05, 4.69) is 0 Å². The number of ether oxygens (including phenoxy) is 2. The molecule has 1 N–H and O–H groups in total. The first-order valence-corrected chi connectivity index (χ1v) is 6.94. The van der Waals surface area contributed by atoms with Crippen molar-refractivity contribution in [2.45, 2.75) is 6.42 Å². The van der Waals surface area contributed by atoms with Crippen LogP contribution in [0.3, 0.4) is 0 Å². The summed E-state index contributed by atoms with van der Waals surface area (Å²) in [5.74, 6) is 0.458. The lowest BCUT2D eigenvalue weighted by atomic mass is 10.3. The molecule has 1 rings (SSSR count). The highest BCUT2D eigenvalue weighted by atomic mass is 32.2. The van der Waals surface area contributed by atoms with Gasteiger partial charge < -0.3 is 14.6 Å². The molecule has 1 aromatic carbocycles. The molecule has 1 atom stereocenters. The lowest BCUT2D eigenvalue weighted by Gasteiger charge is -2.06. The van der Waals surface area contributed by atoms with Crippen LogP contribution in [0.2, 0.25) is 0 Å². The Kier molecular flexibility index (Phi) is 6.21. The van der Waals surface area contributed by atoms with Gasteiger partial charge in [0, 0.05) is 16.6 Å². The maximum absolute atomic E-state index is 11.2. The van der Waals surface area contributed by atoms with E-state index < -0.39 is 16.8 Å². The number of carbonyl (C=O) groups is 1. The summed E-state index contributed by atoms with van der Waals surface area (Å²) in [6.45, 7) is 0.414. The molecular formula is C12H16O5S. The molecule has 0 saturated heterocycles. The van der Waals surface area contributed by atoms with E-state index in [9.17, 15) is 9.00 Å². The molecule has 6 heteroatoms. The average molecular weight is 272 g/mol. The maximum atomic E-state index is 11.2. The predicted molar refractivity (Wildman–Crippen MR) is 68.6 cm³/mol. The van der Waals surface area contributed by atoms with E-state index in [-0.39, 0.29) is 5.75 Å². The monoisotopic (exact) mass is 272 g/mol. The molecule has 1 aromatic rings. The predicted octanol–water partition coefficient (Wildman–Crippen LogP) is 1.30. The number of carboxylic acid groups (broad SMARTS) is 1. The fourth-order valence-corrected chi connectivity index (χ4v) is 2.15. The molecule has 1 unspecified atom stereocenters. The minimum Gasteiger partial charge on any atom is -0.497 e. The Morgan fingerprint density at radius 1 is 1.28 bits per heavy atom. The molecule has 0 fully saturated rings. The molecular weight excluding hydrogens is 256 g/mol. The third kappa shape index (κ3) is 5.67. The molecule has 5 nitrogen and oxygen atoms in total. The third-order valence-corrected chi connectivity index (χ3v) is 3.44. The molecule has 0 radical (unpaired) electrons. The Labute approximate surface area is 108 Å². The van der Waals surface area contributed by atoms with Gasteiger partial charge in [-0.2, -0.15) is 0 Å². The molecule has 0 saturated carbocycles. The van der Waals surface area contributed by atoms with E-state index in [0.717, 1.165) is 5.75 Å². The number of hydrogen-bond acceptors (Lipinski definition) is 4. The molecule has 0 aromatic heterocycles. The highest BCUT2D eigenvalue weighted by Gasteiger charge is 2.05. The van der Waals surface area contributed by atoms with E-state index in [4.69, 9.17) is 14.6 Å². The summed E-state index contributed by atoms with van der Waals surface area (Å²) in [7, 11) is 0.278. The number of benzene rings is 1. The normalized spacial score (nSPS) is 11.8. The van der Waals surface area contributed by atoms with Crippen molar-refractivity contribution < 1.29 is 23.6 Å². The molecule has 0 spiro atoms. The smallest absolute Gasteiger partial charge is 0.316 e. The van der Waals surface area contributed by atoms with Gasteiger partial charge in [0.25, 0.3) is 0 Å². The van der Waals surface area contributed by atoms with Crippen molar-refractivity contribution >= 4 is 16.8 Å². The highest BCUT2D eigenvalue weighted by molar-refractivity contribution is 7.85. The molecule has 0 aliphatic heterocycles. The minimum absolute atomic E-state index is 0.303. The highest BCUT2D eigenvalue weighted by Crippen LogP contribution is 2.16. The van der Waals surface area contributed by atoms with Crippen LogP contribution in [0.5, 0.6) is 11.5 Å². The first kappa shape index (κ1) is 14.5. The third-order valence-electron chi connectivity index (χ3n) is 2.13. The van der Waals surface area contributed by atoms with Crippen LogP contribution in [0.1, 0.15) is 6.42 Å². The topological polar surface area (TPSA) is 72.8 Å². The summed E-state index contributed by atoms with van der Waals surface area (Å²) in [5.41, 5.74) is 0. The Morgan fingerprint density at radius 2 is 1.89 bits per heavy atom. The molecule has 100 valence electrons. The Bertz CT molecular complexity index is 401. The van der Waals surface area contributed by atoms with Crippen molar-refractivity contribution in [1.29, 1.82) is 0 Å². The second-order valence-electron chi connectivity index (χ2n) is 3.56. The lowest BCUT2D eigenvalue weighted by Crippen LogP contribution is -2.13.